The summed E-state index contributed by atoms with van der Waals surface area (Å²) in [7, 11) is 0. The molecule has 10 aromatic rings. The SMILES string of the molecule is CC(C)(C)c1cc(-c2nc(-c3ccc4oc5ccc6sc7ccccc7c6c5c4c3)cc(-n3c4ccccc4c4ccccc43)n2)cc(C(C)(C)C)c1. The third-order valence-electron chi connectivity index (χ3n) is 10.7. The van der Waals surface area contributed by atoms with Gasteiger partial charge < -0.3 is 4.42 Å². The van der Waals surface area contributed by atoms with Crippen molar-refractivity contribution in [2.75, 3.05) is 0 Å². The number of nitrogens with zero attached hydrogens (tertiary/aromatic N) is 3. The molecule has 0 spiro atoms. The van der Waals surface area contributed by atoms with Crippen LogP contribution >= 0.6 is 11.3 Å². The third-order valence-corrected chi connectivity index (χ3v) is 11.9. The number of aromatic nitrogens is 3. The molecule has 0 unspecified atom stereocenters. The van der Waals surface area contributed by atoms with E-state index in [-0.39, 0.29) is 10.8 Å². The van der Waals surface area contributed by atoms with Crippen molar-refractivity contribution in [3.8, 4) is 28.5 Å². The molecule has 5 heteroatoms. The fourth-order valence-corrected chi connectivity index (χ4v) is 8.97. The van der Waals surface area contributed by atoms with E-state index in [1.165, 1.54) is 42.1 Å². The van der Waals surface area contributed by atoms with E-state index in [4.69, 9.17) is 14.4 Å². The Bertz CT molecular complexity index is 3000. The standard InChI is InChI=1S/C48H39N3OS/c1-47(2,3)30-23-29(24-31(26-30)48(4,5)6)46-49-36(27-43(50-46)51-37-16-10-7-13-32(37)33-14-8-11-17-38(33)51)28-19-20-39-35(25-28)44-40(52-39)21-22-42-45(44)34-15-9-12-18-41(34)53-42/h7-27H,1-6H3. The number of hydrogen-bond acceptors (Lipinski definition) is 4. The smallest absolute Gasteiger partial charge is 0.162 e. The summed E-state index contributed by atoms with van der Waals surface area (Å²) in [5.74, 6) is 1.54. The van der Waals surface area contributed by atoms with Crippen LogP contribution in [0.4, 0.5) is 0 Å². The summed E-state index contributed by atoms with van der Waals surface area (Å²) < 4.78 is 11.3. The molecule has 0 radical (unpaired) electrons. The number of rotatable bonds is 3. The Kier molecular flexibility index (Phi) is 6.84. The van der Waals surface area contributed by atoms with Crippen molar-refractivity contribution in [3.05, 3.63) is 139 Å². The molecule has 0 fully saturated rings. The molecule has 4 nitrogen and oxygen atoms in total. The predicted molar refractivity (Wildman–Crippen MR) is 225 cm³/mol. The molecule has 6 aromatic carbocycles. The van der Waals surface area contributed by atoms with Crippen LogP contribution in [-0.4, -0.2) is 14.5 Å². The molecule has 0 bridgehead atoms. The average molecular weight is 706 g/mol. The molecular weight excluding hydrogens is 667 g/mol. The second kappa shape index (κ2) is 11.4. The molecule has 0 aliphatic heterocycles. The maximum absolute atomic E-state index is 6.50. The van der Waals surface area contributed by atoms with Gasteiger partial charge >= 0.3 is 0 Å². The Morgan fingerprint density at radius 1 is 0.509 bits per heavy atom. The second-order valence-electron chi connectivity index (χ2n) is 16.3. The van der Waals surface area contributed by atoms with Gasteiger partial charge in [0.25, 0.3) is 0 Å². The summed E-state index contributed by atoms with van der Waals surface area (Å²) in [6.45, 7) is 13.7. The highest BCUT2D eigenvalue weighted by atomic mass is 32.1. The highest BCUT2D eigenvalue weighted by molar-refractivity contribution is 7.26. The van der Waals surface area contributed by atoms with E-state index in [9.17, 15) is 0 Å². The van der Waals surface area contributed by atoms with E-state index in [2.05, 4.69) is 174 Å². The van der Waals surface area contributed by atoms with Gasteiger partial charge in [-0.25, -0.2) is 9.97 Å². The first kappa shape index (κ1) is 31.9. The van der Waals surface area contributed by atoms with Crippen LogP contribution in [-0.2, 0) is 10.8 Å². The van der Waals surface area contributed by atoms with Crippen LogP contribution in [0.2, 0.25) is 0 Å². The third kappa shape index (κ3) is 5.09. The van der Waals surface area contributed by atoms with Crippen molar-refractivity contribution >= 4 is 75.3 Å². The van der Waals surface area contributed by atoms with Crippen molar-refractivity contribution in [1.82, 2.24) is 14.5 Å². The monoisotopic (exact) mass is 705 g/mol. The zero-order valence-electron chi connectivity index (χ0n) is 30.8. The fraction of sp³-hybridized carbons (Fsp3) is 0.167. The second-order valence-corrected chi connectivity index (χ2v) is 17.4. The molecule has 10 rings (SSSR count). The van der Waals surface area contributed by atoms with Crippen LogP contribution < -0.4 is 0 Å². The van der Waals surface area contributed by atoms with Gasteiger partial charge in [-0.1, -0.05) is 102 Å². The highest BCUT2D eigenvalue weighted by Gasteiger charge is 2.24. The molecule has 4 aromatic heterocycles. The van der Waals surface area contributed by atoms with Crippen molar-refractivity contribution in [2.24, 2.45) is 0 Å². The van der Waals surface area contributed by atoms with Crippen LogP contribution in [0.15, 0.2) is 132 Å². The first-order chi connectivity index (χ1) is 25.5. The summed E-state index contributed by atoms with van der Waals surface area (Å²) in [6.07, 6.45) is 0. The van der Waals surface area contributed by atoms with Gasteiger partial charge in [-0.15, -0.1) is 11.3 Å². The van der Waals surface area contributed by atoms with Crippen molar-refractivity contribution in [3.63, 3.8) is 0 Å². The van der Waals surface area contributed by atoms with E-state index in [0.29, 0.717) is 5.82 Å². The summed E-state index contributed by atoms with van der Waals surface area (Å²) >= 11 is 1.83. The van der Waals surface area contributed by atoms with Crippen LogP contribution in [0, 0.1) is 0 Å². The van der Waals surface area contributed by atoms with Gasteiger partial charge in [-0.3, -0.25) is 4.57 Å². The van der Waals surface area contributed by atoms with Gasteiger partial charge in [0.2, 0.25) is 0 Å². The first-order valence-corrected chi connectivity index (χ1v) is 19.1. The Labute approximate surface area is 312 Å². The fourth-order valence-electron chi connectivity index (χ4n) is 7.86. The Morgan fingerprint density at radius 2 is 1.13 bits per heavy atom. The van der Waals surface area contributed by atoms with E-state index < -0.39 is 0 Å². The lowest BCUT2D eigenvalue weighted by atomic mass is 9.79. The lowest BCUT2D eigenvalue weighted by Gasteiger charge is -2.26. The number of hydrogen-bond donors (Lipinski definition) is 0. The van der Waals surface area contributed by atoms with E-state index in [0.717, 1.165) is 55.6 Å². The Morgan fingerprint density at radius 3 is 1.81 bits per heavy atom. The van der Waals surface area contributed by atoms with Gasteiger partial charge in [0.15, 0.2) is 5.82 Å². The summed E-state index contributed by atoms with van der Waals surface area (Å²) in [4.78, 5) is 10.8. The molecule has 0 aliphatic carbocycles. The topological polar surface area (TPSA) is 43.9 Å². The molecule has 0 saturated carbocycles. The minimum atomic E-state index is -0.0478. The molecular formula is C48H39N3OS. The molecule has 53 heavy (non-hydrogen) atoms. The molecule has 0 N–H and O–H groups in total. The number of benzene rings is 6. The van der Waals surface area contributed by atoms with E-state index >= 15 is 0 Å². The van der Waals surface area contributed by atoms with Crippen LogP contribution in [0.1, 0.15) is 52.7 Å². The van der Waals surface area contributed by atoms with E-state index in [1.54, 1.807) is 0 Å². The molecule has 4 heterocycles. The van der Waals surface area contributed by atoms with E-state index in [1.807, 2.05) is 11.3 Å². The van der Waals surface area contributed by atoms with Gasteiger partial charge in [-0.2, -0.15) is 0 Å². The lowest BCUT2D eigenvalue weighted by Crippen LogP contribution is -2.16. The van der Waals surface area contributed by atoms with Crippen LogP contribution in [0.5, 0.6) is 0 Å². The maximum atomic E-state index is 6.50. The number of thiophene rings is 1. The Balaban J connectivity index is 1.28. The summed E-state index contributed by atoms with van der Waals surface area (Å²) in [5, 5.41) is 7.16. The molecule has 0 aliphatic rings. The highest BCUT2D eigenvalue weighted by Crippen LogP contribution is 2.44. The zero-order valence-corrected chi connectivity index (χ0v) is 31.6. The number of fused-ring (bicyclic) bond motifs is 10. The average Bonchev–Trinajstić information content (AvgIpc) is 3.82. The van der Waals surface area contributed by atoms with Gasteiger partial charge in [0.1, 0.15) is 17.0 Å². The van der Waals surface area contributed by atoms with Crippen molar-refractivity contribution in [1.29, 1.82) is 0 Å². The first-order valence-electron chi connectivity index (χ1n) is 18.3. The van der Waals surface area contributed by atoms with Gasteiger partial charge in [-0.05, 0) is 82.6 Å². The summed E-state index contributed by atoms with van der Waals surface area (Å²) in [5.41, 5.74) is 9.35. The van der Waals surface area contributed by atoms with Crippen molar-refractivity contribution in [2.45, 2.75) is 52.4 Å². The molecule has 0 saturated heterocycles. The predicted octanol–water partition coefficient (Wildman–Crippen LogP) is 13.8. The minimum absolute atomic E-state index is 0.0478. The molecule has 258 valence electrons. The zero-order chi connectivity index (χ0) is 36.2. The molecule has 0 atom stereocenters. The van der Waals surface area contributed by atoms with Crippen molar-refractivity contribution < 1.29 is 4.42 Å². The summed E-state index contributed by atoms with van der Waals surface area (Å²) in [6, 6.07) is 45.8. The van der Waals surface area contributed by atoms with Gasteiger partial charge in [0, 0.05) is 58.9 Å². The number of furan rings is 1. The minimum Gasteiger partial charge on any atom is -0.456 e. The largest absolute Gasteiger partial charge is 0.456 e. The Hall–Kier alpha value is -5.78. The lowest BCUT2D eigenvalue weighted by molar-refractivity contribution is 0.569. The maximum Gasteiger partial charge on any atom is 0.162 e. The quantitative estimate of drug-likeness (QED) is 0.184. The van der Waals surface area contributed by atoms with Crippen LogP contribution in [0.3, 0.4) is 0 Å². The van der Waals surface area contributed by atoms with Gasteiger partial charge in [0.05, 0.1) is 16.7 Å². The number of para-hydroxylation sites is 2. The molecule has 0 amide bonds. The van der Waals surface area contributed by atoms with Crippen LogP contribution in [0.25, 0.3) is 92.4 Å². The normalized spacial score (nSPS) is 12.7.